The molecule has 1 aliphatic carbocycles. The summed E-state index contributed by atoms with van der Waals surface area (Å²) in [5, 5.41) is 8.09. The second kappa shape index (κ2) is 7.56. The Morgan fingerprint density at radius 1 is 0.962 bits per heavy atom. The molecule has 0 radical (unpaired) electrons. The van der Waals surface area contributed by atoms with Gasteiger partial charge in [0.2, 0.25) is 5.91 Å². The SMILES string of the molecule is CNC(=O)Nc1cccc(NC(=O)C2(c3cccc(F)c3)CCCC2)c1. The smallest absolute Gasteiger partial charge is 0.318 e. The van der Waals surface area contributed by atoms with Gasteiger partial charge in [0.15, 0.2) is 0 Å². The van der Waals surface area contributed by atoms with E-state index >= 15 is 0 Å². The average molecular weight is 355 g/mol. The molecule has 0 bridgehead atoms. The lowest BCUT2D eigenvalue weighted by Crippen LogP contribution is -2.38. The molecule has 0 aliphatic heterocycles. The van der Waals surface area contributed by atoms with E-state index in [1.165, 1.54) is 19.2 Å². The molecule has 6 heteroatoms. The van der Waals surface area contributed by atoms with Crippen molar-refractivity contribution in [3.63, 3.8) is 0 Å². The first-order valence-electron chi connectivity index (χ1n) is 8.70. The number of rotatable bonds is 4. The van der Waals surface area contributed by atoms with Crippen LogP contribution in [-0.4, -0.2) is 19.0 Å². The highest BCUT2D eigenvalue weighted by Gasteiger charge is 2.42. The summed E-state index contributed by atoms with van der Waals surface area (Å²) in [5.41, 5.74) is 1.17. The van der Waals surface area contributed by atoms with Crippen molar-refractivity contribution in [2.45, 2.75) is 31.1 Å². The predicted molar refractivity (Wildman–Crippen MR) is 99.7 cm³/mol. The van der Waals surface area contributed by atoms with Gasteiger partial charge in [0.1, 0.15) is 5.82 Å². The maximum absolute atomic E-state index is 13.7. The second-order valence-electron chi connectivity index (χ2n) is 6.54. The van der Waals surface area contributed by atoms with Gasteiger partial charge in [-0.05, 0) is 48.7 Å². The van der Waals surface area contributed by atoms with Crippen molar-refractivity contribution in [2.24, 2.45) is 0 Å². The fraction of sp³-hybridized carbons (Fsp3) is 0.300. The highest BCUT2D eigenvalue weighted by atomic mass is 19.1. The second-order valence-corrected chi connectivity index (χ2v) is 6.54. The Kier molecular flexibility index (Phi) is 5.21. The van der Waals surface area contributed by atoms with Crippen molar-refractivity contribution in [2.75, 3.05) is 17.7 Å². The number of carbonyl (C=O) groups is 2. The molecule has 26 heavy (non-hydrogen) atoms. The zero-order valence-electron chi connectivity index (χ0n) is 14.6. The highest BCUT2D eigenvalue weighted by Crippen LogP contribution is 2.42. The van der Waals surface area contributed by atoms with E-state index in [1.54, 1.807) is 30.3 Å². The van der Waals surface area contributed by atoms with Crippen molar-refractivity contribution >= 4 is 23.3 Å². The van der Waals surface area contributed by atoms with Crippen LogP contribution in [0.2, 0.25) is 0 Å². The number of urea groups is 1. The molecular formula is C20H22FN3O2. The Balaban J connectivity index is 1.83. The van der Waals surface area contributed by atoms with Crippen LogP contribution in [0.5, 0.6) is 0 Å². The van der Waals surface area contributed by atoms with E-state index in [-0.39, 0.29) is 17.8 Å². The summed E-state index contributed by atoms with van der Waals surface area (Å²) in [6, 6.07) is 12.9. The monoisotopic (exact) mass is 355 g/mol. The number of carbonyl (C=O) groups excluding carboxylic acids is 2. The van der Waals surface area contributed by atoms with E-state index in [2.05, 4.69) is 16.0 Å². The van der Waals surface area contributed by atoms with Crippen molar-refractivity contribution in [1.29, 1.82) is 0 Å². The minimum Gasteiger partial charge on any atom is -0.341 e. The summed E-state index contributed by atoms with van der Waals surface area (Å²) in [7, 11) is 1.53. The number of nitrogens with one attached hydrogen (secondary N) is 3. The van der Waals surface area contributed by atoms with Crippen LogP contribution in [0, 0.1) is 5.82 Å². The van der Waals surface area contributed by atoms with Crippen LogP contribution in [0.25, 0.3) is 0 Å². The lowest BCUT2D eigenvalue weighted by molar-refractivity contribution is -0.121. The molecule has 2 aromatic rings. The van der Waals surface area contributed by atoms with Crippen LogP contribution in [-0.2, 0) is 10.2 Å². The molecule has 3 N–H and O–H groups in total. The fourth-order valence-corrected chi connectivity index (χ4v) is 3.53. The number of anilines is 2. The van der Waals surface area contributed by atoms with Crippen LogP contribution < -0.4 is 16.0 Å². The van der Waals surface area contributed by atoms with Gasteiger partial charge in [-0.1, -0.05) is 31.0 Å². The first-order valence-corrected chi connectivity index (χ1v) is 8.70. The van der Waals surface area contributed by atoms with E-state index in [4.69, 9.17) is 0 Å². The zero-order valence-corrected chi connectivity index (χ0v) is 14.6. The van der Waals surface area contributed by atoms with Crippen molar-refractivity contribution in [3.05, 3.63) is 59.9 Å². The quantitative estimate of drug-likeness (QED) is 0.775. The Labute approximate surface area is 152 Å². The Bertz CT molecular complexity index is 816. The molecule has 136 valence electrons. The van der Waals surface area contributed by atoms with Crippen LogP contribution in [0.1, 0.15) is 31.2 Å². The minimum absolute atomic E-state index is 0.141. The van der Waals surface area contributed by atoms with E-state index < -0.39 is 5.41 Å². The first-order chi connectivity index (χ1) is 12.5. The Hall–Kier alpha value is -2.89. The molecule has 0 unspecified atom stereocenters. The number of amides is 3. The maximum Gasteiger partial charge on any atom is 0.318 e. The van der Waals surface area contributed by atoms with Crippen LogP contribution in [0.15, 0.2) is 48.5 Å². The molecule has 0 saturated heterocycles. The number of hydrogen-bond acceptors (Lipinski definition) is 2. The molecule has 2 aromatic carbocycles. The number of halogens is 1. The van der Waals surface area contributed by atoms with E-state index in [1.807, 2.05) is 6.07 Å². The van der Waals surface area contributed by atoms with Gasteiger partial charge in [0.05, 0.1) is 5.41 Å². The van der Waals surface area contributed by atoms with Gasteiger partial charge in [0.25, 0.3) is 0 Å². The van der Waals surface area contributed by atoms with Crippen molar-refractivity contribution in [3.8, 4) is 0 Å². The summed E-state index contributed by atoms with van der Waals surface area (Å²) in [5.74, 6) is -0.476. The molecular weight excluding hydrogens is 333 g/mol. The number of hydrogen-bond donors (Lipinski definition) is 3. The molecule has 3 rings (SSSR count). The Morgan fingerprint density at radius 2 is 1.62 bits per heavy atom. The first kappa shape index (κ1) is 17.9. The van der Waals surface area contributed by atoms with E-state index in [9.17, 15) is 14.0 Å². The highest BCUT2D eigenvalue weighted by molar-refractivity contribution is 6.00. The molecule has 0 aromatic heterocycles. The molecule has 5 nitrogen and oxygen atoms in total. The molecule has 0 heterocycles. The largest absolute Gasteiger partial charge is 0.341 e. The predicted octanol–water partition coefficient (Wildman–Crippen LogP) is 4.03. The summed E-state index contributed by atoms with van der Waals surface area (Å²) in [4.78, 5) is 24.6. The van der Waals surface area contributed by atoms with E-state index in [0.29, 0.717) is 29.8 Å². The third-order valence-corrected chi connectivity index (χ3v) is 4.87. The molecule has 0 spiro atoms. The average Bonchev–Trinajstić information content (AvgIpc) is 3.13. The van der Waals surface area contributed by atoms with Crippen LogP contribution >= 0.6 is 0 Å². The fourth-order valence-electron chi connectivity index (χ4n) is 3.53. The van der Waals surface area contributed by atoms with Gasteiger partial charge >= 0.3 is 6.03 Å². The summed E-state index contributed by atoms with van der Waals surface area (Å²) in [6.45, 7) is 0. The van der Waals surface area contributed by atoms with Crippen LogP contribution in [0.3, 0.4) is 0 Å². The van der Waals surface area contributed by atoms with Gasteiger partial charge in [0, 0.05) is 18.4 Å². The summed E-state index contributed by atoms with van der Waals surface area (Å²) in [6.07, 6.45) is 3.25. The van der Waals surface area contributed by atoms with Crippen molar-refractivity contribution in [1.82, 2.24) is 5.32 Å². The standard InChI is InChI=1S/C20H22FN3O2/c1-22-19(26)24-17-9-5-8-16(13-17)23-18(25)20(10-2-3-11-20)14-6-4-7-15(21)12-14/h4-9,12-13H,2-3,10-11H2,1H3,(H,23,25)(H2,22,24,26). The Morgan fingerprint density at radius 3 is 2.27 bits per heavy atom. The zero-order chi connectivity index (χ0) is 18.6. The lowest BCUT2D eigenvalue weighted by Gasteiger charge is -2.28. The van der Waals surface area contributed by atoms with Gasteiger partial charge in [-0.3, -0.25) is 4.79 Å². The lowest BCUT2D eigenvalue weighted by atomic mass is 9.78. The van der Waals surface area contributed by atoms with Gasteiger partial charge in [-0.25, -0.2) is 9.18 Å². The third kappa shape index (κ3) is 3.69. The van der Waals surface area contributed by atoms with Gasteiger partial charge < -0.3 is 16.0 Å². The topological polar surface area (TPSA) is 70.2 Å². The molecule has 0 atom stereocenters. The van der Waals surface area contributed by atoms with Gasteiger partial charge in [-0.2, -0.15) is 0 Å². The third-order valence-electron chi connectivity index (χ3n) is 4.87. The van der Waals surface area contributed by atoms with Crippen LogP contribution in [0.4, 0.5) is 20.6 Å². The number of benzene rings is 2. The minimum atomic E-state index is -0.716. The maximum atomic E-state index is 13.7. The molecule has 3 amide bonds. The summed E-state index contributed by atoms with van der Waals surface area (Å²) >= 11 is 0. The van der Waals surface area contributed by atoms with Crippen molar-refractivity contribution < 1.29 is 14.0 Å². The molecule has 1 aliphatic rings. The molecule has 1 saturated carbocycles. The van der Waals surface area contributed by atoms with Gasteiger partial charge in [-0.15, -0.1) is 0 Å². The summed E-state index contributed by atoms with van der Waals surface area (Å²) < 4.78 is 13.7. The molecule has 1 fully saturated rings. The van der Waals surface area contributed by atoms with E-state index in [0.717, 1.165) is 12.8 Å². The normalized spacial score (nSPS) is 15.3.